The fourth-order valence-electron chi connectivity index (χ4n) is 13.0. The van der Waals surface area contributed by atoms with E-state index in [1.165, 1.54) is 57.8 Å². The fourth-order valence-corrected chi connectivity index (χ4v) is 13.0. The quantitative estimate of drug-likeness (QED) is 0.279. The molecular weight excluding hydrogens is 506 g/mol. The van der Waals surface area contributed by atoms with Crippen LogP contribution in [0.25, 0.3) is 0 Å². The highest BCUT2D eigenvalue weighted by Gasteiger charge is 2.72. The Balaban J connectivity index is 1.14. The van der Waals surface area contributed by atoms with Crippen LogP contribution in [0.4, 0.5) is 0 Å². The van der Waals surface area contributed by atoms with E-state index in [4.69, 9.17) is 9.47 Å². The standard InChI is InChI=1S/C37H56NO3/c1-32(2)17-19-37-20-18-35(6)25(30(37)31(32)40-24-37)11-12-27-34(5)15-14-28(33(3,4)26(34)13-16-36(27,35)7)41-29(39)23-38-21-9-8-10-22-38/h8-10,21-22,25-28,30-31H,11-20,23-24H2,1-7H3/q+1/t25-,26+,27-,28+,30+,31-,34+,35-,36-,37-/m1/s1. The van der Waals surface area contributed by atoms with Gasteiger partial charge in [-0.3, -0.25) is 0 Å². The zero-order chi connectivity index (χ0) is 29.1. The third-order valence-electron chi connectivity index (χ3n) is 15.4. The van der Waals surface area contributed by atoms with Crippen LogP contribution in [0.15, 0.2) is 30.6 Å². The lowest BCUT2D eigenvalue weighted by molar-refractivity contribution is -0.686. The third kappa shape index (κ3) is 3.80. The molecule has 41 heavy (non-hydrogen) atoms. The van der Waals surface area contributed by atoms with Gasteiger partial charge in [-0.2, -0.15) is 4.57 Å². The van der Waals surface area contributed by atoms with Crippen molar-refractivity contribution in [2.45, 2.75) is 131 Å². The van der Waals surface area contributed by atoms with E-state index >= 15 is 0 Å². The average Bonchev–Trinajstić information content (AvgIpc) is 3.25. The summed E-state index contributed by atoms with van der Waals surface area (Å²) in [7, 11) is 0. The molecule has 5 aliphatic carbocycles. The molecule has 5 saturated carbocycles. The van der Waals surface area contributed by atoms with Crippen molar-refractivity contribution in [2.75, 3.05) is 6.61 Å². The molecule has 0 aromatic carbocycles. The van der Waals surface area contributed by atoms with Gasteiger partial charge in [-0.15, -0.1) is 0 Å². The molecule has 6 aliphatic rings. The van der Waals surface area contributed by atoms with Crippen molar-refractivity contribution in [1.29, 1.82) is 0 Å². The van der Waals surface area contributed by atoms with Crippen LogP contribution in [-0.4, -0.2) is 24.8 Å². The molecule has 4 heteroatoms. The van der Waals surface area contributed by atoms with Gasteiger partial charge in [0, 0.05) is 17.5 Å². The molecule has 1 aromatic rings. The number of pyridine rings is 1. The summed E-state index contributed by atoms with van der Waals surface area (Å²) in [5.41, 5.74) is 1.81. The Labute approximate surface area is 249 Å². The van der Waals surface area contributed by atoms with E-state index in [2.05, 4.69) is 48.5 Å². The summed E-state index contributed by atoms with van der Waals surface area (Å²) in [5.74, 6) is 2.79. The van der Waals surface area contributed by atoms with Crippen LogP contribution in [0.1, 0.15) is 113 Å². The number of hydrogen-bond donors (Lipinski definition) is 0. The number of ether oxygens (including phenoxy) is 2. The van der Waals surface area contributed by atoms with Gasteiger partial charge in [0.1, 0.15) is 6.10 Å². The largest absolute Gasteiger partial charge is 0.457 e. The van der Waals surface area contributed by atoms with Crippen molar-refractivity contribution >= 4 is 5.97 Å². The minimum Gasteiger partial charge on any atom is -0.457 e. The normalized spacial score (nSPS) is 49.1. The topological polar surface area (TPSA) is 39.4 Å². The first-order valence-electron chi connectivity index (χ1n) is 17.0. The zero-order valence-electron chi connectivity index (χ0n) is 27.0. The second kappa shape index (κ2) is 9.05. The molecular formula is C37H56NO3+. The highest BCUT2D eigenvalue weighted by molar-refractivity contribution is 5.68. The highest BCUT2D eigenvalue weighted by atomic mass is 16.5. The average molecular weight is 563 g/mol. The van der Waals surface area contributed by atoms with Crippen LogP contribution in [0.3, 0.4) is 0 Å². The van der Waals surface area contributed by atoms with Crippen molar-refractivity contribution in [3.63, 3.8) is 0 Å². The van der Waals surface area contributed by atoms with Gasteiger partial charge in [0.2, 0.25) is 6.54 Å². The van der Waals surface area contributed by atoms with Gasteiger partial charge in [-0.05, 0) is 115 Å². The first-order valence-corrected chi connectivity index (χ1v) is 17.0. The molecule has 0 spiro atoms. The minimum atomic E-state index is -0.0973. The van der Waals surface area contributed by atoms with Crippen LogP contribution in [-0.2, 0) is 20.8 Å². The van der Waals surface area contributed by atoms with E-state index in [-0.39, 0.29) is 17.5 Å². The van der Waals surface area contributed by atoms with Gasteiger partial charge in [-0.25, -0.2) is 4.79 Å². The van der Waals surface area contributed by atoms with Gasteiger partial charge in [0.15, 0.2) is 12.4 Å². The number of carbonyl (C=O) groups excluding carboxylic acids is 1. The van der Waals surface area contributed by atoms with Crippen molar-refractivity contribution < 1.29 is 18.8 Å². The van der Waals surface area contributed by atoms with Crippen LogP contribution in [0.5, 0.6) is 0 Å². The fraction of sp³-hybridized carbons (Fsp3) is 0.838. The molecule has 0 radical (unpaired) electrons. The van der Waals surface area contributed by atoms with Crippen LogP contribution in [0.2, 0.25) is 0 Å². The summed E-state index contributed by atoms with van der Waals surface area (Å²) in [6.45, 7) is 19.3. The first kappa shape index (κ1) is 28.4. The molecule has 1 aromatic heterocycles. The molecule has 1 aliphatic heterocycles. The van der Waals surface area contributed by atoms with E-state index in [1.54, 1.807) is 0 Å². The first-order chi connectivity index (χ1) is 19.3. The summed E-state index contributed by atoms with van der Waals surface area (Å²) in [6, 6.07) is 5.92. The number of nitrogens with zero attached hydrogens (tertiary/aromatic N) is 1. The van der Waals surface area contributed by atoms with Gasteiger partial charge < -0.3 is 9.47 Å². The monoisotopic (exact) mass is 562 g/mol. The van der Waals surface area contributed by atoms with Crippen molar-refractivity contribution in [1.82, 2.24) is 0 Å². The molecule has 2 bridgehead atoms. The predicted molar refractivity (Wildman–Crippen MR) is 161 cm³/mol. The van der Waals surface area contributed by atoms with E-state index in [0.29, 0.717) is 45.6 Å². The zero-order valence-corrected chi connectivity index (χ0v) is 27.0. The van der Waals surface area contributed by atoms with Crippen LogP contribution < -0.4 is 4.57 Å². The summed E-state index contributed by atoms with van der Waals surface area (Å²) in [6.07, 6.45) is 17.3. The maximum atomic E-state index is 13.1. The van der Waals surface area contributed by atoms with Crippen molar-refractivity contribution in [3.05, 3.63) is 30.6 Å². The Morgan fingerprint density at radius 2 is 1.54 bits per heavy atom. The van der Waals surface area contributed by atoms with Crippen LogP contribution >= 0.6 is 0 Å². The molecule has 0 unspecified atom stereocenters. The van der Waals surface area contributed by atoms with Gasteiger partial charge in [-0.1, -0.05) is 54.5 Å². The Morgan fingerprint density at radius 1 is 0.805 bits per heavy atom. The lowest BCUT2D eigenvalue weighted by atomic mass is 9.31. The number of fused-ring (bicyclic) bond motifs is 5. The lowest BCUT2D eigenvalue weighted by Gasteiger charge is -2.73. The Kier molecular flexibility index (Phi) is 6.26. The van der Waals surface area contributed by atoms with Gasteiger partial charge in [0.25, 0.3) is 0 Å². The van der Waals surface area contributed by atoms with Crippen LogP contribution in [0, 0.1) is 56.2 Å². The van der Waals surface area contributed by atoms with E-state index in [0.717, 1.165) is 30.8 Å². The Morgan fingerprint density at radius 3 is 2.29 bits per heavy atom. The maximum Gasteiger partial charge on any atom is 0.372 e. The third-order valence-corrected chi connectivity index (χ3v) is 15.4. The highest BCUT2D eigenvalue weighted by Crippen LogP contribution is 2.78. The molecule has 0 amide bonds. The Bertz CT molecular complexity index is 1190. The molecule has 226 valence electrons. The number of esters is 1. The SMILES string of the molecule is CC1(C)CC[C@]23CC[C@]4(C)[C@H](CC[C@@H]5[C@@]6(C)CC[C@H](OC(=O)C[n+]7ccccc7)C(C)(C)[C@@H]6CC[C@]54C)[C@H]2[C@H]1OC3. The molecule has 1 saturated heterocycles. The lowest BCUT2D eigenvalue weighted by Crippen LogP contribution is -2.68. The molecule has 7 rings (SSSR count). The smallest absolute Gasteiger partial charge is 0.372 e. The van der Waals surface area contributed by atoms with E-state index in [9.17, 15) is 4.79 Å². The maximum absolute atomic E-state index is 13.1. The summed E-state index contributed by atoms with van der Waals surface area (Å²) >= 11 is 0. The van der Waals surface area contributed by atoms with Gasteiger partial charge in [0.05, 0.1) is 12.7 Å². The number of hydrogen-bond acceptors (Lipinski definition) is 3. The molecule has 2 heterocycles. The van der Waals surface area contributed by atoms with Gasteiger partial charge >= 0.3 is 5.97 Å². The summed E-state index contributed by atoms with van der Waals surface area (Å²) in [5, 5.41) is 0. The second-order valence-corrected chi connectivity index (χ2v) is 17.7. The van der Waals surface area contributed by atoms with Crippen molar-refractivity contribution in [3.8, 4) is 0 Å². The summed E-state index contributed by atoms with van der Waals surface area (Å²) in [4.78, 5) is 13.1. The minimum absolute atomic E-state index is 0.000418. The molecule has 6 fully saturated rings. The number of carbonyl (C=O) groups is 1. The second-order valence-electron chi connectivity index (χ2n) is 17.7. The molecule has 0 N–H and O–H groups in total. The molecule has 10 atom stereocenters. The van der Waals surface area contributed by atoms with E-state index in [1.807, 2.05) is 35.2 Å². The predicted octanol–water partition coefficient (Wildman–Crippen LogP) is 7.78. The number of rotatable bonds is 3. The van der Waals surface area contributed by atoms with E-state index < -0.39 is 0 Å². The number of aromatic nitrogens is 1. The molecule has 4 nitrogen and oxygen atoms in total. The summed E-state index contributed by atoms with van der Waals surface area (Å²) < 4.78 is 15.0. The van der Waals surface area contributed by atoms with Crippen molar-refractivity contribution in [2.24, 2.45) is 56.2 Å². The Hall–Kier alpha value is -1.42.